The van der Waals surface area contributed by atoms with E-state index < -0.39 is 23.5 Å². The summed E-state index contributed by atoms with van der Waals surface area (Å²) in [4.78, 5) is 11.4. The summed E-state index contributed by atoms with van der Waals surface area (Å²) in [6, 6.07) is 0. The molecule has 3 rings (SSSR count). The molecule has 3 heterocycles. The minimum absolute atomic E-state index is 0.240. The number of aldehydes is 1. The highest BCUT2D eigenvalue weighted by atomic mass is 16.9. The molecule has 4 unspecified atom stereocenters. The van der Waals surface area contributed by atoms with Crippen LogP contribution in [0.15, 0.2) is 0 Å². The molecule has 3 aliphatic rings. The van der Waals surface area contributed by atoms with Crippen LogP contribution in [0.4, 0.5) is 0 Å². The van der Waals surface area contributed by atoms with Crippen molar-refractivity contribution in [1.82, 2.24) is 0 Å². The first-order valence-corrected chi connectivity index (χ1v) is 6.11. The van der Waals surface area contributed by atoms with E-state index in [0.717, 1.165) is 0 Å². The Morgan fingerprint density at radius 1 is 1.06 bits per heavy atom. The lowest BCUT2D eigenvalue weighted by Crippen LogP contribution is -2.59. The molecule has 0 bridgehead atoms. The average Bonchev–Trinajstić information content (AvgIpc) is 2.70. The molecule has 0 radical (unpaired) electrons. The number of ether oxygens (including phenoxy) is 5. The Kier molecular flexibility index (Phi) is 2.44. The van der Waals surface area contributed by atoms with Crippen LogP contribution in [-0.2, 0) is 28.5 Å². The van der Waals surface area contributed by atoms with Crippen LogP contribution in [0, 0.1) is 0 Å². The highest BCUT2D eigenvalue weighted by molar-refractivity contribution is 5.62. The van der Waals surface area contributed by atoms with Gasteiger partial charge in [-0.1, -0.05) is 0 Å². The van der Waals surface area contributed by atoms with E-state index >= 15 is 0 Å². The summed E-state index contributed by atoms with van der Waals surface area (Å²) in [6.07, 6.45) is -0.557. The van der Waals surface area contributed by atoms with Crippen LogP contribution in [0.3, 0.4) is 0 Å². The molecule has 0 aromatic heterocycles. The molecule has 0 spiro atoms. The van der Waals surface area contributed by atoms with Crippen LogP contribution in [0.5, 0.6) is 0 Å². The van der Waals surface area contributed by atoms with Crippen molar-refractivity contribution in [3.8, 4) is 0 Å². The van der Waals surface area contributed by atoms with Gasteiger partial charge >= 0.3 is 0 Å². The van der Waals surface area contributed by atoms with Gasteiger partial charge in [0.05, 0.1) is 6.61 Å². The van der Waals surface area contributed by atoms with E-state index in [1.807, 2.05) is 13.8 Å². The number of carbonyl (C=O) groups excluding carboxylic acids is 1. The zero-order chi connectivity index (χ0) is 13.2. The van der Waals surface area contributed by atoms with E-state index in [0.29, 0.717) is 6.29 Å². The highest BCUT2D eigenvalue weighted by Gasteiger charge is 2.65. The Bertz CT molecular complexity index is 379. The topological polar surface area (TPSA) is 63.2 Å². The second-order valence-electron chi connectivity index (χ2n) is 5.83. The van der Waals surface area contributed by atoms with Crippen molar-refractivity contribution in [2.24, 2.45) is 0 Å². The molecule has 102 valence electrons. The molecule has 0 aromatic rings. The smallest absolute Gasteiger partial charge is 0.258 e. The molecular weight excluding hydrogens is 240 g/mol. The van der Waals surface area contributed by atoms with E-state index in [1.165, 1.54) is 0 Å². The third-order valence-electron chi connectivity index (χ3n) is 3.37. The van der Waals surface area contributed by atoms with Crippen LogP contribution in [0.1, 0.15) is 27.7 Å². The predicted molar refractivity (Wildman–Crippen MR) is 58.6 cm³/mol. The molecule has 18 heavy (non-hydrogen) atoms. The lowest BCUT2D eigenvalue weighted by molar-refractivity contribution is -0.258. The van der Waals surface area contributed by atoms with E-state index in [2.05, 4.69) is 0 Å². The molecule has 4 atom stereocenters. The fraction of sp³-hybridized carbons (Fsp3) is 0.917. The quantitative estimate of drug-likeness (QED) is 0.641. The summed E-state index contributed by atoms with van der Waals surface area (Å²) in [5.41, 5.74) is 0. The number of hydrogen-bond acceptors (Lipinski definition) is 6. The molecule has 0 saturated carbocycles. The van der Waals surface area contributed by atoms with Crippen LogP contribution in [0.2, 0.25) is 0 Å². The Morgan fingerprint density at radius 3 is 2.44 bits per heavy atom. The fourth-order valence-electron chi connectivity index (χ4n) is 2.85. The molecular formula is C12H18O6. The molecule has 6 heteroatoms. The van der Waals surface area contributed by atoms with Crippen LogP contribution < -0.4 is 0 Å². The van der Waals surface area contributed by atoms with Crippen molar-refractivity contribution in [3.05, 3.63) is 0 Å². The van der Waals surface area contributed by atoms with Gasteiger partial charge in [-0.05, 0) is 27.7 Å². The first-order chi connectivity index (χ1) is 8.27. The second-order valence-corrected chi connectivity index (χ2v) is 5.83. The van der Waals surface area contributed by atoms with Gasteiger partial charge in [0.1, 0.15) is 12.2 Å². The molecule has 6 nitrogen and oxygen atoms in total. The number of rotatable bonds is 1. The van der Waals surface area contributed by atoms with Crippen LogP contribution in [-0.4, -0.2) is 48.6 Å². The van der Waals surface area contributed by atoms with Gasteiger partial charge in [-0.3, -0.25) is 4.79 Å². The van der Waals surface area contributed by atoms with Crippen molar-refractivity contribution in [3.63, 3.8) is 0 Å². The van der Waals surface area contributed by atoms with Crippen molar-refractivity contribution < 1.29 is 28.5 Å². The fourth-order valence-corrected chi connectivity index (χ4v) is 2.85. The molecule has 3 aliphatic heterocycles. The van der Waals surface area contributed by atoms with E-state index in [-0.39, 0.29) is 18.8 Å². The Hall–Kier alpha value is -0.530. The van der Waals surface area contributed by atoms with Crippen molar-refractivity contribution in [2.45, 2.75) is 63.4 Å². The lowest BCUT2D eigenvalue weighted by atomic mass is 9.98. The van der Waals surface area contributed by atoms with Crippen LogP contribution in [0.25, 0.3) is 0 Å². The van der Waals surface area contributed by atoms with Crippen molar-refractivity contribution in [2.75, 3.05) is 6.61 Å². The summed E-state index contributed by atoms with van der Waals surface area (Å²) in [7, 11) is 0. The lowest BCUT2D eigenvalue weighted by Gasteiger charge is -2.36. The molecule has 0 amide bonds. The monoisotopic (exact) mass is 258 g/mol. The van der Waals surface area contributed by atoms with Gasteiger partial charge in [-0.15, -0.1) is 0 Å². The third-order valence-corrected chi connectivity index (χ3v) is 3.37. The van der Waals surface area contributed by atoms with Crippen molar-refractivity contribution >= 4 is 6.29 Å². The summed E-state index contributed by atoms with van der Waals surface area (Å²) in [5, 5.41) is 0. The van der Waals surface area contributed by atoms with Gasteiger partial charge in [0, 0.05) is 0 Å². The Labute approximate surface area is 105 Å². The van der Waals surface area contributed by atoms with Crippen molar-refractivity contribution in [1.29, 1.82) is 0 Å². The van der Waals surface area contributed by atoms with E-state index in [4.69, 9.17) is 23.7 Å². The zero-order valence-electron chi connectivity index (χ0n) is 11.0. The summed E-state index contributed by atoms with van der Waals surface area (Å²) in [5.74, 6) is -2.96. The Balaban J connectivity index is 1.93. The first-order valence-electron chi connectivity index (χ1n) is 6.11. The van der Waals surface area contributed by atoms with E-state index in [1.54, 1.807) is 13.8 Å². The zero-order valence-corrected chi connectivity index (χ0v) is 11.0. The van der Waals surface area contributed by atoms with Gasteiger partial charge < -0.3 is 23.7 Å². The normalized spacial score (nSPS) is 48.6. The summed E-state index contributed by atoms with van der Waals surface area (Å²) < 4.78 is 28.5. The maximum atomic E-state index is 11.4. The predicted octanol–water partition coefficient (Wildman–Crippen LogP) is 0.583. The summed E-state index contributed by atoms with van der Waals surface area (Å²) in [6.45, 7) is 7.40. The molecule has 0 N–H and O–H groups in total. The highest BCUT2D eigenvalue weighted by Crippen LogP contribution is 2.46. The molecule has 3 fully saturated rings. The standard InChI is InChI=1S/C12H18O6/c1-10(2)15-7-5-14-12(6-13)9(8(7)16-10)17-11(3,4)18-12/h6-9H,5H2,1-4H3. The van der Waals surface area contributed by atoms with Gasteiger partial charge in [0.25, 0.3) is 5.79 Å². The van der Waals surface area contributed by atoms with Gasteiger partial charge in [-0.25, -0.2) is 0 Å². The molecule has 0 aromatic carbocycles. The average molecular weight is 258 g/mol. The second kappa shape index (κ2) is 3.52. The number of fused-ring (bicyclic) bond motifs is 3. The summed E-state index contributed by atoms with van der Waals surface area (Å²) >= 11 is 0. The Morgan fingerprint density at radius 2 is 1.78 bits per heavy atom. The largest absolute Gasteiger partial charge is 0.342 e. The first kappa shape index (κ1) is 12.5. The maximum absolute atomic E-state index is 11.4. The minimum Gasteiger partial charge on any atom is -0.342 e. The SMILES string of the molecule is CC1(C)OC2COC3(C=O)OC(C)(C)OC3C2O1. The minimum atomic E-state index is -1.38. The maximum Gasteiger partial charge on any atom is 0.258 e. The van der Waals surface area contributed by atoms with Gasteiger partial charge in [0.2, 0.25) is 0 Å². The van der Waals surface area contributed by atoms with Gasteiger partial charge in [0.15, 0.2) is 24.0 Å². The number of carbonyl (C=O) groups is 1. The van der Waals surface area contributed by atoms with Crippen LogP contribution >= 0.6 is 0 Å². The molecule has 3 saturated heterocycles. The number of hydrogen-bond donors (Lipinski definition) is 0. The van der Waals surface area contributed by atoms with E-state index in [9.17, 15) is 4.79 Å². The molecule has 0 aliphatic carbocycles. The van der Waals surface area contributed by atoms with Gasteiger partial charge in [-0.2, -0.15) is 0 Å². The third kappa shape index (κ3) is 1.71.